The zero-order chi connectivity index (χ0) is 19.9. The van der Waals surface area contributed by atoms with E-state index in [1.807, 2.05) is 24.3 Å². The molecule has 3 rings (SSSR count). The van der Waals surface area contributed by atoms with E-state index in [1.165, 1.54) is 11.8 Å². The third-order valence-corrected chi connectivity index (χ3v) is 4.99. The number of nitrogens with one attached hydrogen (secondary N) is 1. The zero-order valence-electron chi connectivity index (χ0n) is 16.1. The monoisotopic (exact) mass is 401 g/mol. The van der Waals surface area contributed by atoms with E-state index in [1.54, 1.807) is 20.1 Å². The minimum absolute atomic E-state index is 0.172. The first kappa shape index (κ1) is 19.9. The Morgan fingerprint density at radius 3 is 2.71 bits per heavy atom. The minimum atomic E-state index is -0.172. The molecule has 0 aliphatic rings. The number of hydrogen-bond donors (Lipinski definition) is 1. The SMILES string of the molecule is CCCCn1c(SCC(=O)Nc2cc(C)on2)nnc1-c1ccc(OC)cc1. The number of aromatic nitrogens is 4. The number of carbonyl (C=O) groups excluding carboxylic acids is 1. The van der Waals surface area contributed by atoms with Crippen LogP contribution in [0.5, 0.6) is 5.75 Å². The Hall–Kier alpha value is -2.81. The maximum Gasteiger partial charge on any atom is 0.236 e. The second-order valence-electron chi connectivity index (χ2n) is 6.20. The third kappa shape index (κ3) is 4.92. The van der Waals surface area contributed by atoms with Crippen LogP contribution in [0.25, 0.3) is 11.4 Å². The number of nitrogens with zero attached hydrogens (tertiary/aromatic N) is 4. The second kappa shape index (κ2) is 9.41. The Labute approximate surface area is 167 Å². The molecule has 0 aliphatic heterocycles. The van der Waals surface area contributed by atoms with Gasteiger partial charge in [-0.2, -0.15) is 0 Å². The summed E-state index contributed by atoms with van der Waals surface area (Å²) in [6.07, 6.45) is 2.05. The average Bonchev–Trinajstić information content (AvgIpc) is 3.30. The average molecular weight is 401 g/mol. The van der Waals surface area contributed by atoms with Crippen LogP contribution in [-0.2, 0) is 11.3 Å². The van der Waals surface area contributed by atoms with Crippen LogP contribution < -0.4 is 10.1 Å². The fraction of sp³-hybridized carbons (Fsp3) is 0.368. The molecule has 0 spiro atoms. The van der Waals surface area contributed by atoms with E-state index in [4.69, 9.17) is 9.26 Å². The number of anilines is 1. The number of carbonyl (C=O) groups is 1. The van der Waals surface area contributed by atoms with E-state index in [2.05, 4.69) is 32.2 Å². The van der Waals surface area contributed by atoms with Gasteiger partial charge in [-0.05, 0) is 37.6 Å². The van der Waals surface area contributed by atoms with Crippen molar-refractivity contribution in [3.05, 3.63) is 36.1 Å². The van der Waals surface area contributed by atoms with Crippen LogP contribution in [0.3, 0.4) is 0 Å². The molecule has 28 heavy (non-hydrogen) atoms. The molecule has 0 saturated heterocycles. The molecular weight excluding hydrogens is 378 g/mol. The fourth-order valence-electron chi connectivity index (χ4n) is 2.60. The predicted molar refractivity (Wildman–Crippen MR) is 108 cm³/mol. The van der Waals surface area contributed by atoms with Crippen molar-refractivity contribution in [2.24, 2.45) is 0 Å². The zero-order valence-corrected chi connectivity index (χ0v) is 17.0. The number of ether oxygens (including phenoxy) is 1. The van der Waals surface area contributed by atoms with Gasteiger partial charge in [-0.3, -0.25) is 4.79 Å². The quantitative estimate of drug-likeness (QED) is 0.545. The van der Waals surface area contributed by atoms with E-state index in [0.29, 0.717) is 16.7 Å². The van der Waals surface area contributed by atoms with Gasteiger partial charge >= 0.3 is 0 Å². The standard InChI is InChI=1S/C19H23N5O3S/c1-4-5-10-24-18(14-6-8-15(26-3)9-7-14)21-22-19(24)28-12-17(25)20-16-11-13(2)27-23-16/h6-9,11H,4-5,10,12H2,1-3H3,(H,20,23,25). The number of amides is 1. The molecule has 0 saturated carbocycles. The lowest BCUT2D eigenvalue weighted by Crippen LogP contribution is -2.15. The van der Waals surface area contributed by atoms with Gasteiger partial charge in [0.25, 0.3) is 0 Å². The number of aryl methyl sites for hydroxylation is 1. The maximum absolute atomic E-state index is 12.2. The van der Waals surface area contributed by atoms with E-state index >= 15 is 0 Å². The highest BCUT2D eigenvalue weighted by Crippen LogP contribution is 2.26. The molecule has 0 atom stereocenters. The Morgan fingerprint density at radius 2 is 2.07 bits per heavy atom. The molecule has 2 heterocycles. The summed E-state index contributed by atoms with van der Waals surface area (Å²) in [7, 11) is 1.64. The van der Waals surface area contributed by atoms with Crippen molar-refractivity contribution in [1.82, 2.24) is 19.9 Å². The fourth-order valence-corrected chi connectivity index (χ4v) is 3.37. The Kier molecular flexibility index (Phi) is 6.70. The molecule has 0 bridgehead atoms. The summed E-state index contributed by atoms with van der Waals surface area (Å²) >= 11 is 1.35. The molecule has 1 amide bonds. The largest absolute Gasteiger partial charge is 0.497 e. The summed E-state index contributed by atoms with van der Waals surface area (Å²) in [5, 5.41) is 15.8. The highest BCUT2D eigenvalue weighted by Gasteiger charge is 2.16. The predicted octanol–water partition coefficient (Wildman–Crippen LogP) is 3.78. The number of methoxy groups -OCH3 is 1. The van der Waals surface area contributed by atoms with Crippen LogP contribution in [-0.4, -0.2) is 38.7 Å². The summed E-state index contributed by atoms with van der Waals surface area (Å²) in [6, 6.07) is 9.38. The number of thioether (sulfide) groups is 1. The van der Waals surface area contributed by atoms with Crippen molar-refractivity contribution >= 4 is 23.5 Å². The first-order chi connectivity index (χ1) is 13.6. The molecule has 0 fully saturated rings. The van der Waals surface area contributed by atoms with Crippen LogP contribution in [0.1, 0.15) is 25.5 Å². The maximum atomic E-state index is 12.2. The first-order valence-corrected chi connectivity index (χ1v) is 10.0. The summed E-state index contributed by atoms with van der Waals surface area (Å²) in [4.78, 5) is 12.2. The lowest BCUT2D eigenvalue weighted by molar-refractivity contribution is -0.113. The molecule has 9 heteroatoms. The Balaban J connectivity index is 1.72. The van der Waals surface area contributed by atoms with E-state index in [-0.39, 0.29) is 11.7 Å². The van der Waals surface area contributed by atoms with Gasteiger partial charge in [-0.1, -0.05) is 30.3 Å². The van der Waals surface area contributed by atoms with Crippen LogP contribution in [0.2, 0.25) is 0 Å². The highest BCUT2D eigenvalue weighted by atomic mass is 32.2. The van der Waals surface area contributed by atoms with Gasteiger partial charge in [-0.25, -0.2) is 0 Å². The molecular formula is C19H23N5O3S. The minimum Gasteiger partial charge on any atom is -0.497 e. The molecule has 148 valence electrons. The number of rotatable bonds is 9. The molecule has 8 nitrogen and oxygen atoms in total. The molecule has 1 N–H and O–H groups in total. The van der Waals surface area contributed by atoms with Crippen molar-refractivity contribution in [1.29, 1.82) is 0 Å². The van der Waals surface area contributed by atoms with Gasteiger partial charge in [0.2, 0.25) is 5.91 Å². The van der Waals surface area contributed by atoms with Gasteiger partial charge < -0.3 is 19.1 Å². The van der Waals surface area contributed by atoms with Crippen molar-refractivity contribution in [3.8, 4) is 17.1 Å². The summed E-state index contributed by atoms with van der Waals surface area (Å²) in [5.74, 6) is 2.66. The number of benzene rings is 1. The van der Waals surface area contributed by atoms with Gasteiger partial charge in [0.1, 0.15) is 11.5 Å². The normalized spacial score (nSPS) is 10.8. The van der Waals surface area contributed by atoms with Gasteiger partial charge in [0, 0.05) is 18.2 Å². The van der Waals surface area contributed by atoms with Crippen molar-refractivity contribution < 1.29 is 14.1 Å². The second-order valence-corrected chi connectivity index (χ2v) is 7.14. The summed E-state index contributed by atoms with van der Waals surface area (Å²) in [6.45, 7) is 4.70. The van der Waals surface area contributed by atoms with Crippen LogP contribution in [0.4, 0.5) is 5.82 Å². The molecule has 0 aliphatic carbocycles. The van der Waals surface area contributed by atoms with Crippen molar-refractivity contribution in [2.75, 3.05) is 18.2 Å². The lowest BCUT2D eigenvalue weighted by atomic mass is 10.2. The van der Waals surface area contributed by atoms with Gasteiger partial charge in [0.15, 0.2) is 16.8 Å². The Morgan fingerprint density at radius 1 is 1.29 bits per heavy atom. The molecule has 1 aromatic carbocycles. The summed E-state index contributed by atoms with van der Waals surface area (Å²) in [5.41, 5.74) is 0.957. The van der Waals surface area contributed by atoms with Crippen LogP contribution in [0, 0.1) is 6.92 Å². The lowest BCUT2D eigenvalue weighted by Gasteiger charge is -2.10. The highest BCUT2D eigenvalue weighted by molar-refractivity contribution is 7.99. The Bertz CT molecular complexity index is 920. The van der Waals surface area contributed by atoms with Crippen molar-refractivity contribution in [2.45, 2.75) is 38.4 Å². The number of hydrogen-bond acceptors (Lipinski definition) is 7. The molecule has 2 aromatic heterocycles. The van der Waals surface area contributed by atoms with Crippen LogP contribution >= 0.6 is 11.8 Å². The third-order valence-electron chi connectivity index (χ3n) is 4.03. The molecule has 0 unspecified atom stereocenters. The van der Waals surface area contributed by atoms with E-state index < -0.39 is 0 Å². The van der Waals surface area contributed by atoms with Crippen LogP contribution in [0.15, 0.2) is 40.0 Å². The van der Waals surface area contributed by atoms with Gasteiger partial charge in [-0.15, -0.1) is 10.2 Å². The summed E-state index contributed by atoms with van der Waals surface area (Å²) < 4.78 is 12.2. The number of unbranched alkanes of at least 4 members (excludes halogenated alkanes) is 1. The van der Waals surface area contributed by atoms with E-state index in [0.717, 1.165) is 36.5 Å². The van der Waals surface area contributed by atoms with Gasteiger partial charge in [0.05, 0.1) is 12.9 Å². The molecule has 3 aromatic rings. The van der Waals surface area contributed by atoms with E-state index in [9.17, 15) is 4.79 Å². The molecule has 0 radical (unpaired) electrons. The van der Waals surface area contributed by atoms with Crippen molar-refractivity contribution in [3.63, 3.8) is 0 Å². The first-order valence-electron chi connectivity index (χ1n) is 9.04. The smallest absolute Gasteiger partial charge is 0.236 e. The topological polar surface area (TPSA) is 95.1 Å².